The van der Waals surface area contributed by atoms with Gasteiger partial charge in [-0.2, -0.15) is 0 Å². The maximum absolute atomic E-state index is 5.53. The Hall–Kier alpha value is -2.23. The van der Waals surface area contributed by atoms with E-state index in [0.29, 0.717) is 12.5 Å². The van der Waals surface area contributed by atoms with E-state index in [2.05, 4.69) is 33.8 Å². The lowest BCUT2D eigenvalue weighted by Crippen LogP contribution is -2.05. The Bertz CT molecular complexity index is 598. The first-order valence-corrected chi connectivity index (χ1v) is 7.05. The Labute approximate surface area is 119 Å². The zero-order valence-corrected chi connectivity index (χ0v) is 11.6. The summed E-state index contributed by atoms with van der Waals surface area (Å²) in [5.74, 6) is 0.663. The van der Waals surface area contributed by atoms with Crippen molar-refractivity contribution in [3.8, 4) is 5.88 Å². The normalized spacial score (nSPS) is 12.7. The first-order chi connectivity index (χ1) is 9.88. The fourth-order valence-electron chi connectivity index (χ4n) is 2.53. The second kappa shape index (κ2) is 5.82. The van der Waals surface area contributed by atoms with Crippen LogP contribution in [0, 0.1) is 0 Å². The van der Waals surface area contributed by atoms with Crippen molar-refractivity contribution in [1.82, 2.24) is 4.98 Å². The number of pyridine rings is 1. The SMILES string of the molecule is CCOc1ncccc1NCc1cccc2c1NCC2. The highest BCUT2D eigenvalue weighted by molar-refractivity contribution is 5.62. The third kappa shape index (κ3) is 2.54. The summed E-state index contributed by atoms with van der Waals surface area (Å²) in [5, 5.41) is 6.87. The zero-order chi connectivity index (χ0) is 13.8. The molecule has 0 bridgehead atoms. The average Bonchev–Trinajstić information content (AvgIpc) is 2.96. The van der Waals surface area contributed by atoms with Crippen LogP contribution in [0.1, 0.15) is 18.1 Å². The molecule has 0 spiro atoms. The van der Waals surface area contributed by atoms with Crippen molar-refractivity contribution in [2.24, 2.45) is 0 Å². The number of hydrogen-bond donors (Lipinski definition) is 2. The molecule has 0 saturated heterocycles. The number of benzene rings is 1. The molecule has 1 aliphatic rings. The number of rotatable bonds is 5. The van der Waals surface area contributed by atoms with Crippen molar-refractivity contribution >= 4 is 11.4 Å². The second-order valence-electron chi connectivity index (χ2n) is 4.77. The number of hydrogen-bond acceptors (Lipinski definition) is 4. The molecule has 0 aliphatic carbocycles. The molecule has 2 N–H and O–H groups in total. The fourth-order valence-corrected chi connectivity index (χ4v) is 2.53. The second-order valence-corrected chi connectivity index (χ2v) is 4.77. The number of fused-ring (bicyclic) bond motifs is 1. The third-order valence-corrected chi connectivity index (χ3v) is 3.45. The van der Waals surface area contributed by atoms with E-state index >= 15 is 0 Å². The summed E-state index contributed by atoms with van der Waals surface area (Å²) in [6.07, 6.45) is 2.86. The largest absolute Gasteiger partial charge is 0.476 e. The van der Waals surface area contributed by atoms with Crippen LogP contribution in [0.4, 0.5) is 11.4 Å². The molecular weight excluding hydrogens is 250 g/mol. The van der Waals surface area contributed by atoms with Crippen LogP contribution in [0.2, 0.25) is 0 Å². The number of aromatic nitrogens is 1. The molecule has 2 heterocycles. The Morgan fingerprint density at radius 1 is 1.30 bits per heavy atom. The topological polar surface area (TPSA) is 46.2 Å². The van der Waals surface area contributed by atoms with Gasteiger partial charge in [0.1, 0.15) is 0 Å². The van der Waals surface area contributed by atoms with Crippen LogP contribution in [0.5, 0.6) is 5.88 Å². The van der Waals surface area contributed by atoms with Crippen LogP contribution in [-0.4, -0.2) is 18.1 Å². The first kappa shape index (κ1) is 12.8. The molecule has 1 aromatic carbocycles. The minimum absolute atomic E-state index is 0.619. The smallest absolute Gasteiger partial charge is 0.237 e. The molecule has 0 saturated carbocycles. The molecule has 20 heavy (non-hydrogen) atoms. The molecular formula is C16H19N3O. The number of para-hydroxylation sites is 1. The van der Waals surface area contributed by atoms with Crippen molar-refractivity contribution < 1.29 is 4.74 Å². The predicted molar refractivity (Wildman–Crippen MR) is 81.4 cm³/mol. The predicted octanol–water partition coefficient (Wildman–Crippen LogP) is 3.06. The van der Waals surface area contributed by atoms with Crippen LogP contribution >= 0.6 is 0 Å². The molecule has 3 rings (SSSR count). The van der Waals surface area contributed by atoms with E-state index in [-0.39, 0.29) is 0 Å². The Morgan fingerprint density at radius 3 is 3.15 bits per heavy atom. The number of ether oxygens (including phenoxy) is 1. The molecule has 4 nitrogen and oxygen atoms in total. The van der Waals surface area contributed by atoms with Gasteiger partial charge in [-0.1, -0.05) is 18.2 Å². The van der Waals surface area contributed by atoms with Gasteiger partial charge in [-0.05, 0) is 36.6 Å². The number of nitrogens with zero attached hydrogens (tertiary/aromatic N) is 1. The van der Waals surface area contributed by atoms with Gasteiger partial charge in [-0.25, -0.2) is 4.98 Å². The highest BCUT2D eigenvalue weighted by Crippen LogP contribution is 2.28. The number of anilines is 2. The van der Waals surface area contributed by atoms with Gasteiger partial charge in [0, 0.05) is 25.0 Å². The highest BCUT2D eigenvalue weighted by atomic mass is 16.5. The minimum Gasteiger partial charge on any atom is -0.476 e. The first-order valence-electron chi connectivity index (χ1n) is 7.05. The minimum atomic E-state index is 0.619. The molecule has 1 aliphatic heterocycles. The number of nitrogens with one attached hydrogen (secondary N) is 2. The van der Waals surface area contributed by atoms with Gasteiger partial charge in [-0.15, -0.1) is 0 Å². The lowest BCUT2D eigenvalue weighted by Gasteiger charge is -2.13. The quantitative estimate of drug-likeness (QED) is 0.875. The summed E-state index contributed by atoms with van der Waals surface area (Å²) >= 11 is 0. The highest BCUT2D eigenvalue weighted by Gasteiger charge is 2.13. The Balaban J connectivity index is 1.76. The van der Waals surface area contributed by atoms with Crippen LogP contribution in [0.25, 0.3) is 0 Å². The summed E-state index contributed by atoms with van der Waals surface area (Å²) in [7, 11) is 0. The van der Waals surface area contributed by atoms with Crippen LogP contribution in [-0.2, 0) is 13.0 Å². The van der Waals surface area contributed by atoms with E-state index in [1.165, 1.54) is 16.8 Å². The van der Waals surface area contributed by atoms with Gasteiger partial charge in [0.2, 0.25) is 5.88 Å². The van der Waals surface area contributed by atoms with E-state index in [1.807, 2.05) is 19.1 Å². The van der Waals surface area contributed by atoms with E-state index in [4.69, 9.17) is 4.74 Å². The lowest BCUT2D eigenvalue weighted by atomic mass is 10.1. The average molecular weight is 269 g/mol. The zero-order valence-electron chi connectivity index (χ0n) is 11.6. The summed E-state index contributed by atoms with van der Waals surface area (Å²) < 4.78 is 5.53. The van der Waals surface area contributed by atoms with Gasteiger partial charge in [0.25, 0.3) is 0 Å². The van der Waals surface area contributed by atoms with Crippen molar-refractivity contribution in [3.63, 3.8) is 0 Å². The Kier molecular flexibility index (Phi) is 3.72. The van der Waals surface area contributed by atoms with E-state index in [0.717, 1.165) is 25.2 Å². The maximum Gasteiger partial charge on any atom is 0.237 e. The van der Waals surface area contributed by atoms with Gasteiger partial charge in [0.15, 0.2) is 0 Å². The van der Waals surface area contributed by atoms with Crippen molar-refractivity contribution in [1.29, 1.82) is 0 Å². The molecule has 0 atom stereocenters. The van der Waals surface area contributed by atoms with Gasteiger partial charge < -0.3 is 15.4 Å². The molecule has 0 radical (unpaired) electrons. The van der Waals surface area contributed by atoms with Crippen molar-refractivity contribution in [3.05, 3.63) is 47.7 Å². The van der Waals surface area contributed by atoms with E-state index in [9.17, 15) is 0 Å². The van der Waals surface area contributed by atoms with E-state index in [1.54, 1.807) is 6.20 Å². The van der Waals surface area contributed by atoms with Crippen LogP contribution < -0.4 is 15.4 Å². The maximum atomic E-state index is 5.53. The summed E-state index contributed by atoms with van der Waals surface area (Å²) in [5.41, 5.74) is 4.90. The fraction of sp³-hybridized carbons (Fsp3) is 0.312. The molecule has 104 valence electrons. The molecule has 0 unspecified atom stereocenters. The molecule has 0 amide bonds. The van der Waals surface area contributed by atoms with Crippen molar-refractivity contribution in [2.75, 3.05) is 23.8 Å². The standard InChI is InChI=1S/C16H19N3O/c1-2-20-16-14(7-4-9-18-16)19-11-13-6-3-5-12-8-10-17-15(12)13/h3-7,9,17,19H,2,8,10-11H2,1H3. The molecule has 4 heteroatoms. The summed E-state index contributed by atoms with van der Waals surface area (Å²) in [6.45, 7) is 4.38. The molecule has 1 aromatic heterocycles. The molecule has 0 fully saturated rings. The molecule has 2 aromatic rings. The lowest BCUT2D eigenvalue weighted by molar-refractivity contribution is 0.328. The third-order valence-electron chi connectivity index (χ3n) is 3.45. The van der Waals surface area contributed by atoms with Gasteiger partial charge >= 0.3 is 0 Å². The van der Waals surface area contributed by atoms with Gasteiger partial charge in [-0.3, -0.25) is 0 Å². The monoisotopic (exact) mass is 269 g/mol. The Morgan fingerprint density at radius 2 is 2.25 bits per heavy atom. The van der Waals surface area contributed by atoms with E-state index < -0.39 is 0 Å². The summed E-state index contributed by atoms with van der Waals surface area (Å²) in [6, 6.07) is 10.4. The van der Waals surface area contributed by atoms with Crippen molar-refractivity contribution in [2.45, 2.75) is 19.9 Å². The van der Waals surface area contributed by atoms with Crippen LogP contribution in [0.15, 0.2) is 36.5 Å². The van der Waals surface area contributed by atoms with Crippen LogP contribution in [0.3, 0.4) is 0 Å². The summed E-state index contributed by atoms with van der Waals surface area (Å²) in [4.78, 5) is 4.25. The van der Waals surface area contributed by atoms with Gasteiger partial charge in [0.05, 0.1) is 12.3 Å².